The van der Waals surface area contributed by atoms with Crippen molar-refractivity contribution in [2.75, 3.05) is 13.2 Å². The van der Waals surface area contributed by atoms with Gasteiger partial charge in [0.1, 0.15) is 11.9 Å². The molecule has 1 heterocycles. The lowest BCUT2D eigenvalue weighted by molar-refractivity contribution is 0.00318. The van der Waals surface area contributed by atoms with Crippen LogP contribution in [0.3, 0.4) is 0 Å². The maximum atomic E-state index is 11.5. The summed E-state index contributed by atoms with van der Waals surface area (Å²) in [6, 6.07) is 2.44. The van der Waals surface area contributed by atoms with Gasteiger partial charge in [-0.1, -0.05) is 0 Å². The molecule has 3 N–H and O–H groups in total. The second-order valence-electron chi connectivity index (χ2n) is 3.68. The largest absolute Gasteiger partial charge is 0.430 e. The lowest BCUT2D eigenvalue weighted by Gasteiger charge is -2.20. The summed E-state index contributed by atoms with van der Waals surface area (Å²) in [4.78, 5) is 22.1. The number of hydrogen-bond donors (Lipinski definition) is 3. The first-order chi connectivity index (χ1) is 7.44. The van der Waals surface area contributed by atoms with Crippen LogP contribution in [-0.2, 0) is 0 Å². The van der Waals surface area contributed by atoms with Crippen LogP contribution in [-0.4, -0.2) is 34.9 Å². The van der Waals surface area contributed by atoms with Gasteiger partial charge in [0.15, 0.2) is 0 Å². The number of rotatable bonds is 4. The maximum Gasteiger partial charge on any atom is 0.335 e. The predicted octanol–water partition coefficient (Wildman–Crippen LogP) is -0.887. The minimum Gasteiger partial charge on any atom is -0.430 e. The van der Waals surface area contributed by atoms with Gasteiger partial charge in [0.25, 0.3) is 5.91 Å². The van der Waals surface area contributed by atoms with E-state index in [9.17, 15) is 14.7 Å². The molecule has 6 nitrogen and oxygen atoms in total. The number of aliphatic hydroxyl groups excluding tert-OH is 1. The van der Waals surface area contributed by atoms with E-state index in [2.05, 4.69) is 9.73 Å². The van der Waals surface area contributed by atoms with E-state index in [1.54, 1.807) is 0 Å². The third kappa shape index (κ3) is 3.48. The average Bonchev–Trinajstić information content (AvgIpc) is 2.27. The first-order valence-electron chi connectivity index (χ1n) is 4.65. The second kappa shape index (κ2) is 4.91. The smallest absolute Gasteiger partial charge is 0.335 e. The monoisotopic (exact) mass is 227 g/mol. The fraction of sp³-hybridized carbons (Fsp3) is 0.400. The Morgan fingerprint density at radius 1 is 1.56 bits per heavy atom. The Labute approximate surface area is 91.5 Å². The highest BCUT2D eigenvalue weighted by Crippen LogP contribution is 2.00. The molecule has 1 rings (SSSR count). The molecule has 6 heteroatoms. The number of hydrogen-bond acceptors (Lipinski definition) is 5. The summed E-state index contributed by atoms with van der Waals surface area (Å²) in [5.74, 6) is -0.488. The standard InChI is InChI=1S/C10H13NO5/c1-10(15,6-12)5-11-9(14)7-2-3-8(13)16-4-7/h2-4,12,15H,5-6H2,1H3,(H,11,14). The number of nitrogens with one attached hydrogen (secondary N) is 1. The Balaban J connectivity index is 2.60. The van der Waals surface area contributed by atoms with Crippen molar-refractivity contribution in [3.05, 3.63) is 34.4 Å². The summed E-state index contributed by atoms with van der Waals surface area (Å²) in [5, 5.41) is 20.6. The van der Waals surface area contributed by atoms with Crippen LogP contribution >= 0.6 is 0 Å². The number of aliphatic hydroxyl groups is 2. The molecule has 1 aromatic rings. The highest BCUT2D eigenvalue weighted by Gasteiger charge is 2.20. The zero-order valence-corrected chi connectivity index (χ0v) is 8.77. The van der Waals surface area contributed by atoms with Crippen molar-refractivity contribution in [2.24, 2.45) is 0 Å². The Bertz CT molecular complexity index is 403. The molecule has 0 aliphatic carbocycles. The van der Waals surface area contributed by atoms with Crippen molar-refractivity contribution in [1.29, 1.82) is 0 Å². The van der Waals surface area contributed by atoms with Crippen LogP contribution in [0.4, 0.5) is 0 Å². The molecule has 1 amide bonds. The highest BCUT2D eigenvalue weighted by atomic mass is 16.4. The molecule has 0 spiro atoms. The van der Waals surface area contributed by atoms with Gasteiger partial charge in [0, 0.05) is 12.6 Å². The molecule has 0 aliphatic rings. The van der Waals surface area contributed by atoms with Crippen molar-refractivity contribution in [2.45, 2.75) is 12.5 Å². The quantitative estimate of drug-likeness (QED) is 0.619. The van der Waals surface area contributed by atoms with Gasteiger partial charge in [0.2, 0.25) is 0 Å². The first kappa shape index (κ1) is 12.4. The molecule has 0 saturated heterocycles. The van der Waals surface area contributed by atoms with Gasteiger partial charge in [-0.3, -0.25) is 4.79 Å². The zero-order chi connectivity index (χ0) is 12.2. The van der Waals surface area contributed by atoms with Crippen molar-refractivity contribution >= 4 is 5.91 Å². The Morgan fingerprint density at radius 2 is 2.25 bits per heavy atom. The van der Waals surface area contributed by atoms with Gasteiger partial charge < -0.3 is 19.9 Å². The van der Waals surface area contributed by atoms with Gasteiger partial charge in [0.05, 0.1) is 12.2 Å². The molecule has 1 aromatic heterocycles. The minimum absolute atomic E-state index is 0.0958. The molecule has 88 valence electrons. The molecule has 0 bridgehead atoms. The number of amides is 1. The topological polar surface area (TPSA) is 99.8 Å². The first-order valence-corrected chi connectivity index (χ1v) is 4.65. The summed E-state index contributed by atoms with van der Waals surface area (Å²) < 4.78 is 4.51. The van der Waals surface area contributed by atoms with Crippen molar-refractivity contribution < 1.29 is 19.4 Å². The van der Waals surface area contributed by atoms with Gasteiger partial charge >= 0.3 is 5.63 Å². The van der Waals surface area contributed by atoms with E-state index in [1.165, 1.54) is 13.0 Å². The third-order valence-corrected chi connectivity index (χ3v) is 1.93. The average molecular weight is 227 g/mol. The molecule has 0 radical (unpaired) electrons. The Kier molecular flexibility index (Phi) is 3.81. The molecule has 16 heavy (non-hydrogen) atoms. The van der Waals surface area contributed by atoms with E-state index in [0.29, 0.717) is 0 Å². The van der Waals surface area contributed by atoms with Crippen LogP contribution in [0.1, 0.15) is 17.3 Å². The lowest BCUT2D eigenvalue weighted by Crippen LogP contribution is -2.43. The highest BCUT2D eigenvalue weighted by molar-refractivity contribution is 5.93. The summed E-state index contributed by atoms with van der Waals surface area (Å²) in [6.07, 6.45) is 1.03. The SMILES string of the molecule is CC(O)(CO)CNC(=O)c1ccc(=O)oc1. The van der Waals surface area contributed by atoms with Crippen LogP contribution in [0, 0.1) is 0 Å². The molecule has 0 aliphatic heterocycles. The van der Waals surface area contributed by atoms with Gasteiger partial charge in [-0.05, 0) is 13.0 Å². The van der Waals surface area contributed by atoms with Crippen molar-refractivity contribution in [1.82, 2.24) is 5.32 Å². The Hall–Kier alpha value is -1.66. The second-order valence-corrected chi connectivity index (χ2v) is 3.68. The van der Waals surface area contributed by atoms with E-state index in [0.717, 1.165) is 12.3 Å². The minimum atomic E-state index is -1.37. The molecule has 0 aromatic carbocycles. The normalized spacial score (nSPS) is 14.2. The van der Waals surface area contributed by atoms with Crippen LogP contribution in [0.5, 0.6) is 0 Å². The van der Waals surface area contributed by atoms with E-state index in [-0.39, 0.29) is 12.1 Å². The molecular weight excluding hydrogens is 214 g/mol. The molecule has 0 fully saturated rings. The van der Waals surface area contributed by atoms with Gasteiger partial charge in [-0.15, -0.1) is 0 Å². The van der Waals surface area contributed by atoms with Gasteiger partial charge in [-0.25, -0.2) is 4.79 Å². The molecule has 1 atom stereocenters. The van der Waals surface area contributed by atoms with E-state index in [1.807, 2.05) is 0 Å². The summed E-state index contributed by atoms with van der Waals surface area (Å²) in [7, 11) is 0. The zero-order valence-electron chi connectivity index (χ0n) is 8.77. The van der Waals surface area contributed by atoms with E-state index in [4.69, 9.17) is 5.11 Å². The van der Waals surface area contributed by atoms with Crippen LogP contribution in [0.2, 0.25) is 0 Å². The third-order valence-electron chi connectivity index (χ3n) is 1.93. The molecule has 1 unspecified atom stereocenters. The Morgan fingerprint density at radius 3 is 2.75 bits per heavy atom. The number of carbonyl (C=O) groups is 1. The van der Waals surface area contributed by atoms with E-state index >= 15 is 0 Å². The van der Waals surface area contributed by atoms with Crippen LogP contribution < -0.4 is 10.9 Å². The molecular formula is C10H13NO5. The predicted molar refractivity (Wildman–Crippen MR) is 55.0 cm³/mol. The lowest BCUT2D eigenvalue weighted by atomic mass is 10.1. The molecule has 0 saturated carbocycles. The van der Waals surface area contributed by atoms with E-state index < -0.39 is 23.7 Å². The summed E-state index contributed by atoms with van der Waals surface area (Å²) in [5.41, 5.74) is -1.74. The van der Waals surface area contributed by atoms with Gasteiger partial charge in [-0.2, -0.15) is 0 Å². The fourth-order valence-corrected chi connectivity index (χ4v) is 0.916. The van der Waals surface area contributed by atoms with Crippen molar-refractivity contribution in [3.63, 3.8) is 0 Å². The van der Waals surface area contributed by atoms with Crippen LogP contribution in [0.25, 0.3) is 0 Å². The van der Waals surface area contributed by atoms with Crippen molar-refractivity contribution in [3.8, 4) is 0 Å². The number of carbonyl (C=O) groups excluding carboxylic acids is 1. The summed E-state index contributed by atoms with van der Waals surface area (Å²) >= 11 is 0. The summed E-state index contributed by atoms with van der Waals surface area (Å²) in [6.45, 7) is 0.830. The fourth-order valence-electron chi connectivity index (χ4n) is 0.916. The van der Waals surface area contributed by atoms with Crippen LogP contribution in [0.15, 0.2) is 27.6 Å². The maximum absolute atomic E-state index is 11.5.